The maximum Gasteiger partial charge on any atom is 0.200 e. The predicted molar refractivity (Wildman–Crippen MR) is 82.1 cm³/mol. The Morgan fingerprint density at radius 2 is 1.95 bits per heavy atom. The topological polar surface area (TPSA) is 26.3 Å². The molecular weight excluding hydrogens is 343 g/mol. The smallest absolute Gasteiger partial charge is 0.200 e. The molecule has 0 saturated heterocycles. The lowest BCUT2D eigenvalue weighted by atomic mass is 10.1. The molecule has 0 aliphatic rings. The fraction of sp³-hybridized carbons (Fsp3) is 0.133. The number of Topliss-reactive ketones (excluding diaryl/α,β-unsaturated/α-hetero) is 1. The molecular formula is C15H12BrFO2S. The van der Waals surface area contributed by atoms with Crippen LogP contribution in [0.25, 0.3) is 0 Å². The molecule has 0 aromatic heterocycles. The van der Waals surface area contributed by atoms with Gasteiger partial charge in [-0.2, -0.15) is 0 Å². The Hall–Kier alpha value is -1.33. The first-order valence-corrected chi connectivity index (χ1v) is 7.87. The molecule has 2 nitrogen and oxygen atoms in total. The fourth-order valence-electron chi connectivity index (χ4n) is 1.60. The predicted octanol–water partition coefficient (Wildman–Crippen LogP) is 4.57. The van der Waals surface area contributed by atoms with Crippen molar-refractivity contribution in [2.45, 2.75) is 4.90 Å². The Morgan fingerprint density at radius 1 is 1.25 bits per heavy atom. The maximum atomic E-state index is 12.9. The summed E-state index contributed by atoms with van der Waals surface area (Å²) in [5.41, 5.74) is 0.598. The molecule has 5 heteroatoms. The highest BCUT2D eigenvalue weighted by Gasteiger charge is 2.09. The average Bonchev–Trinajstić information content (AvgIpc) is 2.46. The van der Waals surface area contributed by atoms with E-state index in [0.717, 1.165) is 4.90 Å². The second-order valence-electron chi connectivity index (χ2n) is 4.02. The molecule has 0 unspecified atom stereocenters. The van der Waals surface area contributed by atoms with E-state index in [4.69, 9.17) is 4.74 Å². The highest BCUT2D eigenvalue weighted by atomic mass is 79.9. The molecule has 0 fully saturated rings. The molecule has 0 atom stereocenters. The minimum atomic E-state index is -0.358. The number of thioether (sulfide) groups is 1. The summed E-state index contributed by atoms with van der Waals surface area (Å²) in [5.74, 6) is -0.0300. The number of ether oxygens (including phenoxy) is 1. The number of halogens is 2. The van der Waals surface area contributed by atoms with Gasteiger partial charge in [-0.05, 0) is 52.5 Å². The van der Waals surface area contributed by atoms with Gasteiger partial charge < -0.3 is 4.74 Å². The molecule has 0 amide bonds. The highest BCUT2D eigenvalue weighted by molar-refractivity contribution is 9.10. The minimum absolute atomic E-state index is 0.0805. The van der Waals surface area contributed by atoms with E-state index in [-0.39, 0.29) is 18.2 Å². The van der Waals surface area contributed by atoms with Crippen molar-refractivity contribution in [3.63, 3.8) is 0 Å². The van der Waals surface area contributed by atoms with Crippen LogP contribution in [0.1, 0.15) is 10.4 Å². The van der Waals surface area contributed by atoms with Gasteiger partial charge in [-0.3, -0.25) is 4.79 Å². The number of carbonyl (C=O) groups excluding carboxylic acids is 1. The lowest BCUT2D eigenvalue weighted by Gasteiger charge is -2.08. The molecule has 0 spiro atoms. The van der Waals surface area contributed by atoms with Crippen molar-refractivity contribution in [1.82, 2.24) is 0 Å². The van der Waals surface area contributed by atoms with Gasteiger partial charge in [0.2, 0.25) is 0 Å². The van der Waals surface area contributed by atoms with Crippen LogP contribution >= 0.6 is 27.7 Å². The van der Waals surface area contributed by atoms with E-state index in [1.54, 1.807) is 23.9 Å². The zero-order valence-corrected chi connectivity index (χ0v) is 13.1. The molecule has 0 aliphatic heterocycles. The Bertz CT molecular complexity index is 614. The second kappa shape index (κ2) is 6.90. The van der Waals surface area contributed by atoms with Crippen molar-refractivity contribution >= 4 is 33.5 Å². The Morgan fingerprint density at radius 3 is 2.55 bits per heavy atom. The largest absolute Gasteiger partial charge is 0.484 e. The van der Waals surface area contributed by atoms with Crippen LogP contribution in [0.2, 0.25) is 0 Å². The number of hydrogen-bond acceptors (Lipinski definition) is 3. The first-order valence-electron chi connectivity index (χ1n) is 5.85. The molecule has 0 radical (unpaired) electrons. The van der Waals surface area contributed by atoms with Crippen molar-refractivity contribution in [3.05, 3.63) is 58.3 Å². The van der Waals surface area contributed by atoms with Gasteiger partial charge >= 0.3 is 0 Å². The number of hydrogen-bond donors (Lipinski definition) is 0. The number of ketones is 1. The summed E-state index contributed by atoms with van der Waals surface area (Å²) in [6, 6.07) is 11.4. The van der Waals surface area contributed by atoms with Crippen LogP contribution < -0.4 is 4.74 Å². The Labute approximate surface area is 129 Å². The van der Waals surface area contributed by atoms with Crippen molar-refractivity contribution in [2.24, 2.45) is 0 Å². The molecule has 2 aromatic carbocycles. The summed E-state index contributed by atoms with van der Waals surface area (Å²) in [4.78, 5) is 13.1. The van der Waals surface area contributed by atoms with E-state index in [9.17, 15) is 9.18 Å². The average molecular weight is 355 g/mol. The molecule has 0 heterocycles. The van der Waals surface area contributed by atoms with Crippen LogP contribution in [0.3, 0.4) is 0 Å². The quantitative estimate of drug-likeness (QED) is 0.581. The van der Waals surface area contributed by atoms with E-state index in [0.29, 0.717) is 15.8 Å². The number of rotatable bonds is 5. The van der Waals surface area contributed by atoms with E-state index in [1.807, 2.05) is 18.4 Å². The standard InChI is InChI=1S/C15H12BrFO2S/c1-20-12-5-2-10(3-6-12)14(18)9-19-15-7-4-11(17)8-13(15)16/h2-8H,9H2,1H3. The highest BCUT2D eigenvalue weighted by Crippen LogP contribution is 2.25. The maximum absolute atomic E-state index is 12.9. The fourth-order valence-corrected chi connectivity index (χ4v) is 2.47. The van der Waals surface area contributed by atoms with Crippen LogP contribution in [-0.4, -0.2) is 18.6 Å². The van der Waals surface area contributed by atoms with Crippen LogP contribution in [0.5, 0.6) is 5.75 Å². The van der Waals surface area contributed by atoms with E-state index in [1.165, 1.54) is 18.2 Å². The van der Waals surface area contributed by atoms with Gasteiger partial charge in [0, 0.05) is 10.5 Å². The first-order chi connectivity index (χ1) is 9.60. The van der Waals surface area contributed by atoms with Crippen LogP contribution in [0, 0.1) is 5.82 Å². The van der Waals surface area contributed by atoms with Crippen LogP contribution in [-0.2, 0) is 0 Å². The van der Waals surface area contributed by atoms with E-state index in [2.05, 4.69) is 15.9 Å². The summed E-state index contributed by atoms with van der Waals surface area (Å²) in [6.07, 6.45) is 1.98. The molecule has 0 saturated carbocycles. The zero-order chi connectivity index (χ0) is 14.5. The van der Waals surface area contributed by atoms with Gasteiger partial charge in [0.05, 0.1) is 4.47 Å². The summed E-state index contributed by atoms with van der Waals surface area (Å²) in [6.45, 7) is -0.0805. The lowest BCUT2D eigenvalue weighted by molar-refractivity contribution is 0.0921. The van der Waals surface area contributed by atoms with Gasteiger partial charge in [0.15, 0.2) is 12.4 Å². The summed E-state index contributed by atoms with van der Waals surface area (Å²) in [7, 11) is 0. The summed E-state index contributed by atoms with van der Waals surface area (Å²) < 4.78 is 18.8. The van der Waals surface area contributed by atoms with Gasteiger partial charge in [-0.1, -0.05) is 12.1 Å². The van der Waals surface area contributed by atoms with Crippen LogP contribution in [0.15, 0.2) is 51.8 Å². The first kappa shape index (κ1) is 15.1. The monoisotopic (exact) mass is 354 g/mol. The van der Waals surface area contributed by atoms with Gasteiger partial charge in [-0.15, -0.1) is 11.8 Å². The molecule has 0 aliphatic carbocycles. The van der Waals surface area contributed by atoms with E-state index >= 15 is 0 Å². The third-order valence-corrected chi connectivity index (χ3v) is 4.03. The summed E-state index contributed by atoms with van der Waals surface area (Å²) >= 11 is 4.81. The molecule has 2 rings (SSSR count). The number of benzene rings is 2. The normalized spacial score (nSPS) is 10.3. The Kier molecular flexibility index (Phi) is 5.20. The Balaban J connectivity index is 2.00. The van der Waals surface area contributed by atoms with Crippen molar-refractivity contribution in [2.75, 3.05) is 12.9 Å². The third kappa shape index (κ3) is 3.84. The molecule has 2 aromatic rings. The lowest BCUT2D eigenvalue weighted by Crippen LogP contribution is -2.11. The number of carbonyl (C=O) groups is 1. The van der Waals surface area contributed by atoms with Crippen LogP contribution in [0.4, 0.5) is 4.39 Å². The molecule has 104 valence electrons. The second-order valence-corrected chi connectivity index (χ2v) is 5.75. The minimum Gasteiger partial charge on any atom is -0.484 e. The third-order valence-electron chi connectivity index (χ3n) is 2.66. The van der Waals surface area contributed by atoms with Gasteiger partial charge in [0.25, 0.3) is 0 Å². The molecule has 20 heavy (non-hydrogen) atoms. The van der Waals surface area contributed by atoms with Gasteiger partial charge in [0.1, 0.15) is 11.6 Å². The van der Waals surface area contributed by atoms with Crippen molar-refractivity contribution < 1.29 is 13.9 Å². The van der Waals surface area contributed by atoms with Crippen molar-refractivity contribution in [3.8, 4) is 5.75 Å². The van der Waals surface area contributed by atoms with E-state index < -0.39 is 0 Å². The zero-order valence-electron chi connectivity index (χ0n) is 10.7. The molecule has 0 N–H and O–H groups in total. The molecule has 0 bridgehead atoms. The van der Waals surface area contributed by atoms with Crippen molar-refractivity contribution in [1.29, 1.82) is 0 Å². The SMILES string of the molecule is CSc1ccc(C(=O)COc2ccc(F)cc2Br)cc1. The van der Waals surface area contributed by atoms with Gasteiger partial charge in [-0.25, -0.2) is 4.39 Å². The summed E-state index contributed by atoms with van der Waals surface area (Å²) in [5, 5.41) is 0.